The molecular formula is C13H12Cl2FNO. The van der Waals surface area contributed by atoms with E-state index in [1.807, 2.05) is 0 Å². The molecule has 2 rings (SSSR count). The molecule has 1 aromatic carbocycles. The summed E-state index contributed by atoms with van der Waals surface area (Å²) in [7, 11) is 1.79. The molecule has 0 aliphatic heterocycles. The molecule has 18 heavy (non-hydrogen) atoms. The van der Waals surface area contributed by atoms with Crippen LogP contribution in [0, 0.1) is 5.82 Å². The number of rotatable bonds is 4. The Morgan fingerprint density at radius 1 is 1.33 bits per heavy atom. The van der Waals surface area contributed by atoms with Gasteiger partial charge in [-0.05, 0) is 42.8 Å². The number of halogens is 3. The van der Waals surface area contributed by atoms with Gasteiger partial charge in [0.15, 0.2) is 5.22 Å². The van der Waals surface area contributed by atoms with Crippen molar-refractivity contribution in [3.8, 4) is 0 Å². The van der Waals surface area contributed by atoms with Crippen molar-refractivity contribution >= 4 is 23.2 Å². The Bertz CT molecular complexity index is 542. The van der Waals surface area contributed by atoms with E-state index in [-0.39, 0.29) is 16.9 Å². The molecule has 0 aliphatic rings. The predicted octanol–water partition coefficient (Wildman–Crippen LogP) is 4.23. The van der Waals surface area contributed by atoms with Crippen molar-refractivity contribution in [3.63, 3.8) is 0 Å². The van der Waals surface area contributed by atoms with Crippen LogP contribution < -0.4 is 5.32 Å². The van der Waals surface area contributed by atoms with Crippen molar-refractivity contribution in [2.45, 2.75) is 12.5 Å². The van der Waals surface area contributed by atoms with Crippen LogP contribution in [0.5, 0.6) is 0 Å². The molecule has 0 fully saturated rings. The van der Waals surface area contributed by atoms with Crippen LogP contribution in [0.2, 0.25) is 10.2 Å². The predicted molar refractivity (Wildman–Crippen MR) is 70.6 cm³/mol. The number of hydrogen-bond acceptors (Lipinski definition) is 2. The van der Waals surface area contributed by atoms with E-state index in [0.29, 0.717) is 17.2 Å². The summed E-state index contributed by atoms with van der Waals surface area (Å²) >= 11 is 11.7. The van der Waals surface area contributed by atoms with E-state index < -0.39 is 0 Å². The zero-order valence-corrected chi connectivity index (χ0v) is 11.2. The molecule has 0 saturated heterocycles. The van der Waals surface area contributed by atoms with E-state index in [4.69, 9.17) is 27.6 Å². The molecular weight excluding hydrogens is 276 g/mol. The highest BCUT2D eigenvalue weighted by molar-refractivity contribution is 6.30. The number of nitrogens with one attached hydrogen (secondary N) is 1. The van der Waals surface area contributed by atoms with Crippen LogP contribution in [0.15, 0.2) is 34.9 Å². The monoisotopic (exact) mass is 287 g/mol. The molecule has 2 aromatic rings. The largest absolute Gasteiger partial charge is 0.453 e. The Hall–Kier alpha value is -1.03. The minimum absolute atomic E-state index is 0.121. The lowest BCUT2D eigenvalue weighted by Gasteiger charge is -2.15. The van der Waals surface area contributed by atoms with Crippen LogP contribution in [0.25, 0.3) is 0 Å². The third kappa shape index (κ3) is 2.69. The van der Waals surface area contributed by atoms with Crippen LogP contribution in [-0.4, -0.2) is 7.05 Å². The fourth-order valence-electron chi connectivity index (χ4n) is 1.85. The third-order valence-corrected chi connectivity index (χ3v) is 3.42. The van der Waals surface area contributed by atoms with Gasteiger partial charge in [-0.1, -0.05) is 23.7 Å². The smallest absolute Gasteiger partial charge is 0.197 e. The maximum Gasteiger partial charge on any atom is 0.197 e. The molecule has 2 nitrogen and oxygen atoms in total. The van der Waals surface area contributed by atoms with E-state index >= 15 is 0 Å². The van der Waals surface area contributed by atoms with Crippen LogP contribution in [0.3, 0.4) is 0 Å². The molecule has 0 saturated carbocycles. The highest BCUT2D eigenvalue weighted by atomic mass is 35.5. The van der Waals surface area contributed by atoms with Gasteiger partial charge in [-0.3, -0.25) is 0 Å². The van der Waals surface area contributed by atoms with Gasteiger partial charge in [-0.25, -0.2) is 4.39 Å². The fourth-order valence-corrected chi connectivity index (χ4v) is 2.29. The first-order valence-corrected chi connectivity index (χ1v) is 6.22. The minimum atomic E-state index is -0.390. The Balaban J connectivity index is 2.26. The topological polar surface area (TPSA) is 25.2 Å². The first kappa shape index (κ1) is 13.4. The van der Waals surface area contributed by atoms with Crippen molar-refractivity contribution in [1.82, 2.24) is 5.32 Å². The second-order valence-corrected chi connectivity index (χ2v) is 4.66. The summed E-state index contributed by atoms with van der Waals surface area (Å²) in [6.07, 6.45) is 1.96. The summed E-state index contributed by atoms with van der Waals surface area (Å²) in [5.74, 6) is -0.390. The molecule has 0 bridgehead atoms. The van der Waals surface area contributed by atoms with Gasteiger partial charge in [0.25, 0.3) is 0 Å². The Labute approximate surface area is 115 Å². The van der Waals surface area contributed by atoms with Gasteiger partial charge in [0, 0.05) is 11.6 Å². The van der Waals surface area contributed by atoms with Crippen LogP contribution in [-0.2, 0) is 6.42 Å². The normalized spacial score (nSPS) is 12.7. The molecule has 1 N–H and O–H groups in total. The Morgan fingerprint density at radius 3 is 2.72 bits per heavy atom. The third-order valence-electron chi connectivity index (χ3n) is 2.83. The van der Waals surface area contributed by atoms with Crippen molar-refractivity contribution in [2.24, 2.45) is 0 Å². The Morgan fingerprint density at radius 2 is 2.11 bits per heavy atom. The number of furan rings is 1. The van der Waals surface area contributed by atoms with Crippen molar-refractivity contribution in [2.75, 3.05) is 7.05 Å². The quantitative estimate of drug-likeness (QED) is 0.910. The lowest BCUT2D eigenvalue weighted by molar-refractivity contribution is 0.533. The summed E-state index contributed by atoms with van der Waals surface area (Å²) in [4.78, 5) is 0. The summed E-state index contributed by atoms with van der Waals surface area (Å²) in [6, 6.07) is 6.61. The lowest BCUT2D eigenvalue weighted by Crippen LogP contribution is -2.19. The van der Waals surface area contributed by atoms with Crippen LogP contribution in [0.4, 0.5) is 4.39 Å². The molecule has 0 spiro atoms. The minimum Gasteiger partial charge on any atom is -0.453 e. The number of likely N-dealkylation sites (N-methyl/N-ethyl adjacent to an activating group) is 1. The van der Waals surface area contributed by atoms with Crippen LogP contribution in [0.1, 0.15) is 17.2 Å². The second kappa shape index (κ2) is 5.74. The lowest BCUT2D eigenvalue weighted by atomic mass is 10.0. The van der Waals surface area contributed by atoms with Gasteiger partial charge in [-0.15, -0.1) is 0 Å². The molecule has 1 heterocycles. The van der Waals surface area contributed by atoms with E-state index in [1.54, 1.807) is 25.2 Å². The molecule has 5 heteroatoms. The molecule has 1 unspecified atom stereocenters. The van der Waals surface area contributed by atoms with E-state index in [0.717, 1.165) is 5.56 Å². The van der Waals surface area contributed by atoms with Gasteiger partial charge >= 0.3 is 0 Å². The molecule has 1 aromatic heterocycles. The van der Waals surface area contributed by atoms with E-state index in [9.17, 15) is 4.39 Å². The van der Waals surface area contributed by atoms with E-state index in [2.05, 4.69) is 5.32 Å². The van der Waals surface area contributed by atoms with Crippen LogP contribution >= 0.6 is 23.2 Å². The van der Waals surface area contributed by atoms with Gasteiger partial charge < -0.3 is 9.73 Å². The van der Waals surface area contributed by atoms with Crippen molar-refractivity contribution in [3.05, 3.63) is 57.7 Å². The summed E-state index contributed by atoms with van der Waals surface area (Å²) in [6.45, 7) is 0. The number of hydrogen-bond donors (Lipinski definition) is 1. The highest BCUT2D eigenvalue weighted by Crippen LogP contribution is 2.28. The summed E-state index contributed by atoms with van der Waals surface area (Å²) in [5.41, 5.74) is 1.35. The van der Waals surface area contributed by atoms with Gasteiger partial charge in [0.2, 0.25) is 0 Å². The summed E-state index contributed by atoms with van der Waals surface area (Å²) < 4.78 is 18.9. The molecule has 1 atom stereocenters. The number of benzene rings is 1. The average molecular weight is 288 g/mol. The van der Waals surface area contributed by atoms with Crippen molar-refractivity contribution < 1.29 is 8.81 Å². The van der Waals surface area contributed by atoms with Gasteiger partial charge in [0.1, 0.15) is 5.82 Å². The highest BCUT2D eigenvalue weighted by Gasteiger charge is 2.18. The second-order valence-electron chi connectivity index (χ2n) is 3.91. The molecule has 96 valence electrons. The first-order chi connectivity index (χ1) is 8.63. The average Bonchev–Trinajstić information content (AvgIpc) is 2.77. The van der Waals surface area contributed by atoms with Gasteiger partial charge in [0.05, 0.1) is 11.3 Å². The Kier molecular flexibility index (Phi) is 4.27. The molecule has 0 aliphatic carbocycles. The van der Waals surface area contributed by atoms with E-state index in [1.165, 1.54) is 12.3 Å². The zero-order chi connectivity index (χ0) is 13.1. The van der Waals surface area contributed by atoms with Crippen molar-refractivity contribution in [1.29, 1.82) is 0 Å². The standard InChI is InChI=1S/C13H12Cl2FNO/c1-17-11(9-5-6-18-13(9)15)7-8-3-2-4-10(14)12(8)16/h2-6,11,17H,7H2,1H3. The fraction of sp³-hybridized carbons (Fsp3) is 0.231. The maximum absolute atomic E-state index is 13.8. The molecule has 0 radical (unpaired) electrons. The maximum atomic E-state index is 13.8. The molecule has 0 amide bonds. The SMILES string of the molecule is CNC(Cc1cccc(Cl)c1F)c1ccoc1Cl. The summed E-state index contributed by atoms with van der Waals surface area (Å²) in [5, 5.41) is 3.53. The van der Waals surface area contributed by atoms with Gasteiger partial charge in [-0.2, -0.15) is 0 Å². The first-order valence-electron chi connectivity index (χ1n) is 5.46. The zero-order valence-electron chi connectivity index (χ0n) is 9.71.